The van der Waals surface area contributed by atoms with Crippen molar-refractivity contribution in [2.24, 2.45) is 0 Å². The van der Waals surface area contributed by atoms with Crippen molar-refractivity contribution in [1.29, 1.82) is 0 Å². The first-order valence-electron chi connectivity index (χ1n) is 7.01. The maximum Gasteiger partial charge on any atom is 0.0454 e. The number of aliphatic hydroxyl groups is 1. The number of H-pyrrole nitrogens is 1. The third-order valence-corrected chi connectivity index (χ3v) is 3.96. The van der Waals surface area contributed by atoms with E-state index in [-0.39, 0.29) is 19.0 Å². The van der Waals surface area contributed by atoms with Crippen LogP contribution in [-0.4, -0.2) is 47.8 Å². The Morgan fingerprint density at radius 2 is 2.00 bits per heavy atom. The van der Waals surface area contributed by atoms with Crippen molar-refractivity contribution < 1.29 is 5.11 Å². The van der Waals surface area contributed by atoms with Crippen LogP contribution in [-0.2, 0) is 0 Å². The zero-order chi connectivity index (χ0) is 13.1. The number of piperazine rings is 1. The number of rotatable bonds is 4. The Morgan fingerprint density at radius 1 is 1.20 bits per heavy atom. The predicted molar refractivity (Wildman–Crippen MR) is 84.4 cm³/mol. The Balaban J connectivity index is 0.00000147. The summed E-state index contributed by atoms with van der Waals surface area (Å²) in [6.45, 7) is 4.41. The summed E-state index contributed by atoms with van der Waals surface area (Å²) in [5, 5.41) is 14.0. The molecule has 0 radical (unpaired) electrons. The van der Waals surface area contributed by atoms with Crippen molar-refractivity contribution in [3.63, 3.8) is 0 Å². The van der Waals surface area contributed by atoms with E-state index < -0.39 is 0 Å². The molecule has 2 aromatic rings. The van der Waals surface area contributed by atoms with E-state index >= 15 is 0 Å². The zero-order valence-electron chi connectivity index (χ0n) is 11.5. The molecule has 0 saturated carbocycles. The normalized spacial score (nSPS) is 17.9. The molecule has 0 bridgehead atoms. The van der Waals surface area contributed by atoms with Crippen molar-refractivity contribution in [3.05, 3.63) is 36.0 Å². The van der Waals surface area contributed by atoms with Gasteiger partial charge < -0.3 is 15.4 Å². The fourth-order valence-electron chi connectivity index (χ4n) is 2.96. The van der Waals surface area contributed by atoms with Gasteiger partial charge in [-0.05, 0) is 35.6 Å². The summed E-state index contributed by atoms with van der Waals surface area (Å²) in [7, 11) is 0. The first kappa shape index (κ1) is 15.3. The van der Waals surface area contributed by atoms with E-state index in [0.29, 0.717) is 6.04 Å². The SMILES string of the molecule is Cl.OCC[C@H](c1ccc2[nH]ccc2c1)N1CCNCC1. The standard InChI is InChI=1S/C15H21N3O.ClH/c19-10-4-15(18-8-6-16-7-9-18)13-1-2-14-12(11-13)3-5-17-14;/h1-3,5,11,15-17,19H,4,6-10H2;1H/t15-;/m1./s1. The lowest BCUT2D eigenvalue weighted by molar-refractivity contribution is 0.141. The van der Waals surface area contributed by atoms with Gasteiger partial charge in [0, 0.05) is 50.5 Å². The maximum absolute atomic E-state index is 9.35. The van der Waals surface area contributed by atoms with Crippen LogP contribution in [0.2, 0.25) is 0 Å². The second-order valence-electron chi connectivity index (χ2n) is 5.14. The van der Waals surface area contributed by atoms with Crippen molar-refractivity contribution in [3.8, 4) is 0 Å². The van der Waals surface area contributed by atoms with Gasteiger partial charge in [0.25, 0.3) is 0 Å². The van der Waals surface area contributed by atoms with E-state index in [0.717, 1.165) is 32.6 Å². The lowest BCUT2D eigenvalue weighted by atomic mass is 10.00. The summed E-state index contributed by atoms with van der Waals surface area (Å²) in [4.78, 5) is 5.70. The average Bonchev–Trinajstić information content (AvgIpc) is 2.93. The Bertz CT molecular complexity index is 537. The highest BCUT2D eigenvalue weighted by Crippen LogP contribution is 2.27. The van der Waals surface area contributed by atoms with E-state index in [1.165, 1.54) is 16.5 Å². The van der Waals surface area contributed by atoms with Crippen molar-refractivity contribution in [2.75, 3.05) is 32.8 Å². The van der Waals surface area contributed by atoms with E-state index in [2.05, 4.69) is 39.5 Å². The minimum absolute atomic E-state index is 0. The second-order valence-corrected chi connectivity index (χ2v) is 5.14. The molecular formula is C15H22ClN3O. The van der Waals surface area contributed by atoms with Crippen LogP contribution in [0.1, 0.15) is 18.0 Å². The summed E-state index contributed by atoms with van der Waals surface area (Å²) >= 11 is 0. The predicted octanol–water partition coefficient (Wildman–Crippen LogP) is 1.92. The van der Waals surface area contributed by atoms with Gasteiger partial charge in [-0.15, -0.1) is 12.4 Å². The van der Waals surface area contributed by atoms with Crippen LogP contribution in [0.4, 0.5) is 0 Å². The summed E-state index contributed by atoms with van der Waals surface area (Å²) in [5.74, 6) is 0. The summed E-state index contributed by atoms with van der Waals surface area (Å²) < 4.78 is 0. The van der Waals surface area contributed by atoms with E-state index in [1.807, 2.05) is 6.20 Å². The van der Waals surface area contributed by atoms with Crippen LogP contribution in [0, 0.1) is 0 Å². The third kappa shape index (κ3) is 3.15. The van der Waals surface area contributed by atoms with Gasteiger partial charge in [-0.3, -0.25) is 4.90 Å². The summed E-state index contributed by atoms with van der Waals surface area (Å²) in [5.41, 5.74) is 2.48. The Hall–Kier alpha value is -1.07. The van der Waals surface area contributed by atoms with Gasteiger partial charge >= 0.3 is 0 Å². The lowest BCUT2D eigenvalue weighted by Crippen LogP contribution is -2.45. The molecule has 4 nitrogen and oxygen atoms in total. The quantitative estimate of drug-likeness (QED) is 0.808. The molecule has 0 aliphatic carbocycles. The molecule has 1 saturated heterocycles. The number of hydrogen-bond donors (Lipinski definition) is 3. The molecular weight excluding hydrogens is 274 g/mol. The number of hydrogen-bond acceptors (Lipinski definition) is 3. The molecule has 3 N–H and O–H groups in total. The summed E-state index contributed by atoms with van der Waals surface area (Å²) in [6, 6.07) is 8.99. The molecule has 0 amide bonds. The highest BCUT2D eigenvalue weighted by molar-refractivity contribution is 5.85. The number of nitrogens with one attached hydrogen (secondary N) is 2. The van der Waals surface area contributed by atoms with E-state index in [4.69, 9.17) is 0 Å². The molecule has 20 heavy (non-hydrogen) atoms. The molecule has 2 heterocycles. The number of benzene rings is 1. The number of aliphatic hydroxyl groups excluding tert-OH is 1. The van der Waals surface area contributed by atoms with Crippen molar-refractivity contribution >= 4 is 23.3 Å². The van der Waals surface area contributed by atoms with Gasteiger partial charge in [0.05, 0.1) is 0 Å². The van der Waals surface area contributed by atoms with Crippen LogP contribution in [0.15, 0.2) is 30.5 Å². The molecule has 1 aromatic carbocycles. The van der Waals surface area contributed by atoms with Crippen LogP contribution in [0.5, 0.6) is 0 Å². The monoisotopic (exact) mass is 295 g/mol. The van der Waals surface area contributed by atoms with Crippen molar-refractivity contribution in [1.82, 2.24) is 15.2 Å². The fraction of sp³-hybridized carbons (Fsp3) is 0.467. The zero-order valence-corrected chi connectivity index (χ0v) is 12.3. The molecule has 3 rings (SSSR count). The first-order chi connectivity index (χ1) is 9.38. The van der Waals surface area contributed by atoms with Crippen LogP contribution < -0.4 is 5.32 Å². The second kappa shape index (κ2) is 7.09. The van der Waals surface area contributed by atoms with Crippen LogP contribution >= 0.6 is 12.4 Å². The molecule has 5 heteroatoms. The van der Waals surface area contributed by atoms with Gasteiger partial charge in [0.15, 0.2) is 0 Å². The van der Waals surface area contributed by atoms with Crippen LogP contribution in [0.25, 0.3) is 10.9 Å². The topological polar surface area (TPSA) is 51.3 Å². The number of fused-ring (bicyclic) bond motifs is 1. The van der Waals surface area contributed by atoms with Gasteiger partial charge in [0.1, 0.15) is 0 Å². The Kier molecular flexibility index (Phi) is 5.43. The largest absolute Gasteiger partial charge is 0.396 e. The molecule has 0 unspecified atom stereocenters. The van der Waals surface area contributed by atoms with Gasteiger partial charge in [-0.1, -0.05) is 6.07 Å². The van der Waals surface area contributed by atoms with Crippen molar-refractivity contribution in [2.45, 2.75) is 12.5 Å². The lowest BCUT2D eigenvalue weighted by Gasteiger charge is -2.35. The summed E-state index contributed by atoms with van der Waals surface area (Å²) in [6.07, 6.45) is 2.77. The number of aromatic nitrogens is 1. The molecule has 1 aliphatic rings. The first-order valence-corrected chi connectivity index (χ1v) is 7.01. The Labute approximate surface area is 125 Å². The highest BCUT2D eigenvalue weighted by Gasteiger charge is 2.21. The smallest absolute Gasteiger partial charge is 0.0454 e. The molecule has 0 spiro atoms. The number of aromatic amines is 1. The van der Waals surface area contributed by atoms with E-state index in [9.17, 15) is 5.11 Å². The van der Waals surface area contributed by atoms with Crippen LogP contribution in [0.3, 0.4) is 0 Å². The maximum atomic E-state index is 9.35. The third-order valence-electron chi connectivity index (χ3n) is 3.96. The van der Waals surface area contributed by atoms with Gasteiger partial charge in [0.2, 0.25) is 0 Å². The van der Waals surface area contributed by atoms with E-state index in [1.54, 1.807) is 0 Å². The molecule has 1 aromatic heterocycles. The average molecular weight is 296 g/mol. The van der Waals surface area contributed by atoms with Gasteiger partial charge in [-0.25, -0.2) is 0 Å². The number of halogens is 1. The minimum atomic E-state index is 0. The molecule has 1 fully saturated rings. The minimum Gasteiger partial charge on any atom is -0.396 e. The van der Waals surface area contributed by atoms with Gasteiger partial charge in [-0.2, -0.15) is 0 Å². The molecule has 1 aliphatic heterocycles. The molecule has 110 valence electrons. The number of nitrogens with zero attached hydrogens (tertiary/aromatic N) is 1. The highest BCUT2D eigenvalue weighted by atomic mass is 35.5. The fourth-order valence-corrected chi connectivity index (χ4v) is 2.96. The molecule has 1 atom stereocenters. The Morgan fingerprint density at radius 3 is 2.75 bits per heavy atom.